The highest BCUT2D eigenvalue weighted by Gasteiger charge is 2.19. The van der Waals surface area contributed by atoms with Gasteiger partial charge < -0.3 is 15.0 Å². The van der Waals surface area contributed by atoms with E-state index >= 15 is 0 Å². The van der Waals surface area contributed by atoms with Crippen molar-refractivity contribution in [1.82, 2.24) is 9.97 Å². The van der Waals surface area contributed by atoms with Gasteiger partial charge in [-0.25, -0.2) is 9.59 Å². The first-order chi connectivity index (χ1) is 11.8. The van der Waals surface area contributed by atoms with E-state index in [4.69, 9.17) is 4.74 Å². The number of anilines is 1. The molecule has 8 heteroatoms. The maximum Gasteiger partial charge on any atom is 0.346 e. The minimum Gasteiger partial charge on any atom is -0.465 e. The Kier molecular flexibility index (Phi) is 5.97. The molecule has 132 valence electrons. The molecule has 2 aromatic rings. The number of rotatable bonds is 5. The minimum atomic E-state index is -0.612. The maximum atomic E-state index is 12.2. The van der Waals surface area contributed by atoms with Gasteiger partial charge in [-0.2, -0.15) is 4.98 Å². The van der Waals surface area contributed by atoms with E-state index in [1.54, 1.807) is 6.92 Å². The molecule has 0 fully saturated rings. The van der Waals surface area contributed by atoms with Crippen LogP contribution >= 0.6 is 11.8 Å². The normalized spacial score (nSPS) is 10.4. The number of H-pyrrole nitrogens is 1. The van der Waals surface area contributed by atoms with Gasteiger partial charge in [0.25, 0.3) is 0 Å². The summed E-state index contributed by atoms with van der Waals surface area (Å²) in [5.74, 6) is -0.860. The molecular formula is C17H19N3O4S. The van der Waals surface area contributed by atoms with Gasteiger partial charge >= 0.3 is 11.7 Å². The van der Waals surface area contributed by atoms with E-state index in [-0.39, 0.29) is 22.2 Å². The minimum absolute atomic E-state index is 0.00721. The second-order valence-electron chi connectivity index (χ2n) is 5.49. The number of nitrogens with one attached hydrogen (secondary N) is 2. The van der Waals surface area contributed by atoms with E-state index in [2.05, 4.69) is 15.3 Å². The average molecular weight is 361 g/mol. The Morgan fingerprint density at radius 2 is 2.00 bits per heavy atom. The van der Waals surface area contributed by atoms with Crippen molar-refractivity contribution in [3.05, 3.63) is 51.1 Å². The van der Waals surface area contributed by atoms with Crippen molar-refractivity contribution in [3.8, 4) is 0 Å². The molecule has 0 bridgehead atoms. The van der Waals surface area contributed by atoms with E-state index in [0.717, 1.165) is 28.6 Å². The second-order valence-corrected chi connectivity index (χ2v) is 6.46. The number of carbonyl (C=O) groups excluding carboxylic acids is 2. The number of nitrogens with zero attached hydrogens (tertiary/aromatic N) is 1. The molecule has 0 aliphatic carbocycles. The first kappa shape index (κ1) is 18.7. The van der Waals surface area contributed by atoms with Crippen LogP contribution in [0.15, 0.2) is 28.0 Å². The second kappa shape index (κ2) is 7.98. The molecule has 1 aromatic carbocycles. The molecule has 25 heavy (non-hydrogen) atoms. The Labute approximate surface area is 149 Å². The SMILES string of the molecule is COC(=O)c1c(SCC(=O)Nc2cc(C)ccc2C)nc(=O)[nH]c1C. The number of aromatic nitrogens is 2. The number of thioether (sulfide) groups is 1. The van der Waals surface area contributed by atoms with Crippen LogP contribution in [0.25, 0.3) is 0 Å². The molecular weight excluding hydrogens is 342 g/mol. The molecule has 0 aliphatic rings. The Bertz CT molecular complexity index is 877. The standard InChI is InChI=1S/C17H19N3O4S/c1-9-5-6-10(2)12(7-9)19-13(21)8-25-15-14(16(22)24-4)11(3)18-17(23)20-15/h5-7H,8H2,1-4H3,(H,19,21)(H,18,20,23). The van der Waals surface area contributed by atoms with Crippen LogP contribution in [0.5, 0.6) is 0 Å². The van der Waals surface area contributed by atoms with Gasteiger partial charge in [-0.1, -0.05) is 23.9 Å². The molecule has 0 saturated carbocycles. The summed E-state index contributed by atoms with van der Waals surface area (Å²) in [5.41, 5.74) is 2.64. The van der Waals surface area contributed by atoms with Crippen molar-refractivity contribution in [1.29, 1.82) is 0 Å². The van der Waals surface area contributed by atoms with Gasteiger partial charge in [0.2, 0.25) is 5.91 Å². The highest BCUT2D eigenvalue weighted by molar-refractivity contribution is 8.00. The number of carbonyl (C=O) groups is 2. The summed E-state index contributed by atoms with van der Waals surface area (Å²) in [6.07, 6.45) is 0. The van der Waals surface area contributed by atoms with Gasteiger partial charge in [0.1, 0.15) is 10.6 Å². The molecule has 0 unspecified atom stereocenters. The Balaban J connectivity index is 2.15. The van der Waals surface area contributed by atoms with E-state index < -0.39 is 11.7 Å². The van der Waals surface area contributed by atoms with Gasteiger partial charge in [0.05, 0.1) is 12.9 Å². The lowest BCUT2D eigenvalue weighted by Gasteiger charge is -2.11. The molecule has 2 N–H and O–H groups in total. The third kappa shape index (κ3) is 4.69. The van der Waals surface area contributed by atoms with Crippen molar-refractivity contribution < 1.29 is 14.3 Å². The lowest BCUT2D eigenvalue weighted by molar-refractivity contribution is -0.113. The molecule has 7 nitrogen and oxygen atoms in total. The summed E-state index contributed by atoms with van der Waals surface area (Å²) in [6.45, 7) is 5.42. The first-order valence-electron chi connectivity index (χ1n) is 7.51. The summed E-state index contributed by atoms with van der Waals surface area (Å²) in [5, 5.41) is 2.99. The number of hydrogen-bond acceptors (Lipinski definition) is 6. The van der Waals surface area contributed by atoms with Crippen LogP contribution in [0, 0.1) is 20.8 Å². The van der Waals surface area contributed by atoms with Gasteiger partial charge in [-0.3, -0.25) is 4.79 Å². The van der Waals surface area contributed by atoms with Crippen molar-refractivity contribution in [2.24, 2.45) is 0 Å². The molecule has 0 aliphatic heterocycles. The lowest BCUT2D eigenvalue weighted by Crippen LogP contribution is -2.20. The number of benzene rings is 1. The monoisotopic (exact) mass is 361 g/mol. The zero-order valence-electron chi connectivity index (χ0n) is 14.4. The van der Waals surface area contributed by atoms with Gasteiger partial charge in [-0.05, 0) is 38.0 Å². The zero-order valence-corrected chi connectivity index (χ0v) is 15.2. The quantitative estimate of drug-likeness (QED) is 0.481. The molecule has 1 aromatic heterocycles. The predicted octanol–water partition coefficient (Wildman–Crippen LogP) is 2.21. The van der Waals surface area contributed by atoms with Crippen molar-refractivity contribution in [2.75, 3.05) is 18.2 Å². The van der Waals surface area contributed by atoms with E-state index in [9.17, 15) is 14.4 Å². The van der Waals surface area contributed by atoms with Crippen LogP contribution in [-0.2, 0) is 9.53 Å². The van der Waals surface area contributed by atoms with Crippen LogP contribution in [0.3, 0.4) is 0 Å². The smallest absolute Gasteiger partial charge is 0.346 e. The fourth-order valence-electron chi connectivity index (χ4n) is 2.20. The molecule has 0 radical (unpaired) electrons. The number of aromatic amines is 1. The van der Waals surface area contributed by atoms with Crippen LogP contribution in [0.2, 0.25) is 0 Å². The van der Waals surface area contributed by atoms with Crippen LogP contribution in [-0.4, -0.2) is 34.7 Å². The summed E-state index contributed by atoms with van der Waals surface area (Å²) >= 11 is 1.01. The molecule has 0 atom stereocenters. The highest BCUT2D eigenvalue weighted by Crippen LogP contribution is 2.22. The van der Waals surface area contributed by atoms with Gasteiger partial charge in [-0.15, -0.1) is 0 Å². The largest absolute Gasteiger partial charge is 0.465 e. The maximum absolute atomic E-state index is 12.2. The Morgan fingerprint density at radius 1 is 1.28 bits per heavy atom. The van der Waals surface area contributed by atoms with E-state index in [1.165, 1.54) is 7.11 Å². The van der Waals surface area contributed by atoms with E-state index in [1.807, 2.05) is 32.0 Å². The molecule has 1 amide bonds. The Hall–Kier alpha value is -2.61. The molecule has 1 heterocycles. The number of hydrogen-bond donors (Lipinski definition) is 2. The fraction of sp³-hybridized carbons (Fsp3) is 0.294. The fourth-order valence-corrected chi connectivity index (χ4v) is 3.07. The number of methoxy groups -OCH3 is 1. The third-order valence-electron chi connectivity index (χ3n) is 3.48. The highest BCUT2D eigenvalue weighted by atomic mass is 32.2. The van der Waals surface area contributed by atoms with Crippen LogP contribution < -0.4 is 11.0 Å². The molecule has 2 rings (SSSR count). The number of aryl methyl sites for hydroxylation is 3. The first-order valence-corrected chi connectivity index (χ1v) is 8.49. The van der Waals surface area contributed by atoms with Crippen molar-refractivity contribution in [3.63, 3.8) is 0 Å². The summed E-state index contributed by atoms with van der Waals surface area (Å²) in [7, 11) is 1.24. The lowest BCUT2D eigenvalue weighted by atomic mass is 10.1. The zero-order chi connectivity index (χ0) is 18.6. The number of ether oxygens (including phenoxy) is 1. The summed E-state index contributed by atoms with van der Waals surface area (Å²) in [4.78, 5) is 41.9. The number of amides is 1. The number of esters is 1. The van der Waals surface area contributed by atoms with Gasteiger partial charge in [0.15, 0.2) is 0 Å². The van der Waals surface area contributed by atoms with E-state index in [0.29, 0.717) is 5.69 Å². The van der Waals surface area contributed by atoms with Crippen LogP contribution in [0.1, 0.15) is 27.2 Å². The van der Waals surface area contributed by atoms with Crippen molar-refractivity contribution in [2.45, 2.75) is 25.8 Å². The predicted molar refractivity (Wildman–Crippen MR) is 96.2 cm³/mol. The van der Waals surface area contributed by atoms with Crippen LogP contribution in [0.4, 0.5) is 5.69 Å². The van der Waals surface area contributed by atoms with Crippen molar-refractivity contribution >= 4 is 29.3 Å². The Morgan fingerprint density at radius 3 is 2.68 bits per heavy atom. The third-order valence-corrected chi connectivity index (χ3v) is 4.46. The topological polar surface area (TPSA) is 101 Å². The van der Waals surface area contributed by atoms with Gasteiger partial charge in [0, 0.05) is 11.4 Å². The molecule has 0 spiro atoms. The molecule has 0 saturated heterocycles. The summed E-state index contributed by atoms with van der Waals surface area (Å²) in [6, 6.07) is 5.77. The summed E-state index contributed by atoms with van der Waals surface area (Å²) < 4.78 is 4.71. The average Bonchev–Trinajstić information content (AvgIpc) is 2.55.